The third kappa shape index (κ3) is 11.0. The van der Waals surface area contributed by atoms with E-state index in [-0.39, 0.29) is 11.1 Å². The van der Waals surface area contributed by atoms with Gasteiger partial charge in [-0.1, -0.05) is 20.8 Å². The number of quaternary nitrogens is 1. The van der Waals surface area contributed by atoms with Crippen molar-refractivity contribution >= 4 is 0 Å². The molecule has 0 radical (unpaired) electrons. The molecule has 0 heterocycles. The van der Waals surface area contributed by atoms with E-state index in [1.54, 1.807) is 0 Å². The van der Waals surface area contributed by atoms with E-state index in [0.29, 0.717) is 18.6 Å². The van der Waals surface area contributed by atoms with Crippen molar-refractivity contribution < 1.29 is 15.2 Å². The molecule has 0 saturated heterocycles. The first-order valence-corrected chi connectivity index (χ1v) is 6.97. The lowest BCUT2D eigenvalue weighted by molar-refractivity contribution is -0.728. The van der Waals surface area contributed by atoms with Gasteiger partial charge in [-0.15, -0.1) is 0 Å². The van der Waals surface area contributed by atoms with Crippen molar-refractivity contribution in [3.8, 4) is 0 Å². The fraction of sp³-hybridized carbons (Fsp3) is 1.00. The minimum atomic E-state index is -0.400. The summed E-state index contributed by atoms with van der Waals surface area (Å²) in [4.78, 5) is 0. The third-order valence-corrected chi connectivity index (χ3v) is 2.64. The van der Waals surface area contributed by atoms with Gasteiger partial charge in [0.1, 0.15) is 12.6 Å². The topological polar surface area (TPSA) is 46.1 Å². The predicted octanol–water partition coefficient (Wildman–Crippen LogP) is 1.94. The Balaban J connectivity index is 4.01. The van der Waals surface area contributed by atoms with E-state index >= 15 is 0 Å². The lowest BCUT2D eigenvalue weighted by Gasteiger charge is -2.31. The zero-order valence-corrected chi connectivity index (χ0v) is 13.6. The second-order valence-corrected chi connectivity index (χ2v) is 8.24. The minimum absolute atomic E-state index is 0.154. The van der Waals surface area contributed by atoms with Crippen molar-refractivity contribution in [1.29, 1.82) is 0 Å². The van der Waals surface area contributed by atoms with Crippen molar-refractivity contribution in [2.75, 3.05) is 13.2 Å². The van der Waals surface area contributed by atoms with E-state index in [1.165, 1.54) is 0 Å². The maximum atomic E-state index is 9.92. The first-order chi connectivity index (χ1) is 7.81. The zero-order chi connectivity index (χ0) is 14.6. The van der Waals surface area contributed by atoms with E-state index in [2.05, 4.69) is 39.9 Å². The number of aliphatic hydroxyl groups is 1. The Morgan fingerprint density at radius 3 is 1.89 bits per heavy atom. The molecule has 0 spiro atoms. The van der Waals surface area contributed by atoms with Crippen LogP contribution in [-0.4, -0.2) is 35.5 Å². The highest BCUT2D eigenvalue weighted by molar-refractivity contribution is 4.74. The highest BCUT2D eigenvalue weighted by atomic mass is 16.5. The second kappa shape index (κ2) is 6.36. The molecule has 3 N–H and O–H groups in total. The van der Waals surface area contributed by atoms with Crippen LogP contribution in [0.15, 0.2) is 0 Å². The molecule has 0 bridgehead atoms. The van der Waals surface area contributed by atoms with Gasteiger partial charge in [-0.3, -0.25) is 0 Å². The highest BCUT2D eigenvalue weighted by Gasteiger charge is 2.29. The molecular formula is C15H34NO2+. The maximum absolute atomic E-state index is 9.92. The van der Waals surface area contributed by atoms with E-state index in [9.17, 15) is 5.11 Å². The molecule has 0 saturated carbocycles. The Hall–Kier alpha value is -0.120. The summed E-state index contributed by atoms with van der Waals surface area (Å²) < 4.78 is 5.59. The Kier molecular flexibility index (Phi) is 6.31. The Labute approximate surface area is 113 Å². The smallest absolute Gasteiger partial charge is 0.126 e. The molecular weight excluding hydrogens is 226 g/mol. The molecule has 0 aromatic carbocycles. The molecule has 110 valence electrons. The van der Waals surface area contributed by atoms with Gasteiger partial charge >= 0.3 is 0 Å². The zero-order valence-electron chi connectivity index (χ0n) is 13.6. The quantitative estimate of drug-likeness (QED) is 0.766. The maximum Gasteiger partial charge on any atom is 0.126 e. The predicted molar refractivity (Wildman–Crippen MR) is 76.7 cm³/mol. The molecule has 0 rings (SSSR count). The van der Waals surface area contributed by atoms with Crippen LogP contribution in [0.4, 0.5) is 0 Å². The lowest BCUT2D eigenvalue weighted by Crippen LogP contribution is -2.97. The Morgan fingerprint density at radius 2 is 1.50 bits per heavy atom. The van der Waals surface area contributed by atoms with Crippen molar-refractivity contribution in [2.45, 2.75) is 79.1 Å². The van der Waals surface area contributed by atoms with Crippen LogP contribution in [0.1, 0.15) is 61.8 Å². The average Bonchev–Trinajstić information content (AvgIpc) is 2.06. The molecule has 0 aliphatic carbocycles. The molecule has 0 fully saturated rings. The van der Waals surface area contributed by atoms with Gasteiger partial charge in [-0.05, 0) is 40.0 Å². The summed E-state index contributed by atoms with van der Waals surface area (Å²) in [5.74, 6) is 0. The Morgan fingerprint density at radius 1 is 1.00 bits per heavy atom. The normalized spacial score (nSPS) is 15.8. The van der Waals surface area contributed by atoms with Crippen LogP contribution in [0.25, 0.3) is 0 Å². The van der Waals surface area contributed by atoms with Crippen molar-refractivity contribution in [2.24, 2.45) is 5.41 Å². The number of hydrogen-bond acceptors (Lipinski definition) is 2. The van der Waals surface area contributed by atoms with Gasteiger partial charge in [0.25, 0.3) is 0 Å². The summed E-state index contributed by atoms with van der Waals surface area (Å²) in [6, 6.07) is 0. The van der Waals surface area contributed by atoms with Crippen LogP contribution in [-0.2, 0) is 4.74 Å². The SMILES string of the molecule is CC(C)(C)CC(C)(C)[NH2+]C[C@H](O)COC(C)(C)C. The number of rotatable bonds is 6. The molecule has 0 amide bonds. The van der Waals surface area contributed by atoms with Crippen LogP contribution in [0, 0.1) is 5.41 Å². The minimum Gasteiger partial charge on any atom is -0.385 e. The highest BCUT2D eigenvalue weighted by Crippen LogP contribution is 2.24. The van der Waals surface area contributed by atoms with Crippen molar-refractivity contribution in [3.05, 3.63) is 0 Å². The molecule has 0 aromatic rings. The Bertz CT molecular complexity index is 236. The average molecular weight is 260 g/mol. The molecule has 0 unspecified atom stereocenters. The molecule has 0 aliphatic rings. The molecule has 1 atom stereocenters. The van der Waals surface area contributed by atoms with Crippen LogP contribution >= 0.6 is 0 Å². The van der Waals surface area contributed by atoms with Gasteiger partial charge in [-0.2, -0.15) is 0 Å². The van der Waals surface area contributed by atoms with Gasteiger partial charge < -0.3 is 15.2 Å². The standard InChI is InChI=1S/C15H33NO2/c1-13(2,3)11-15(7,8)16-9-12(17)10-18-14(4,5)6/h12,16-17H,9-11H2,1-8H3/p+1/t12-/m0/s1. The monoisotopic (exact) mass is 260 g/mol. The first-order valence-electron chi connectivity index (χ1n) is 6.97. The first kappa shape index (κ1) is 17.9. The van der Waals surface area contributed by atoms with Crippen molar-refractivity contribution in [1.82, 2.24) is 0 Å². The van der Waals surface area contributed by atoms with E-state index in [4.69, 9.17) is 4.74 Å². The largest absolute Gasteiger partial charge is 0.385 e. The van der Waals surface area contributed by atoms with Crippen LogP contribution in [0.3, 0.4) is 0 Å². The van der Waals surface area contributed by atoms with Crippen LogP contribution in [0.2, 0.25) is 0 Å². The van der Waals surface area contributed by atoms with E-state index in [1.807, 2.05) is 20.8 Å². The van der Waals surface area contributed by atoms with Crippen LogP contribution < -0.4 is 5.32 Å². The fourth-order valence-electron chi connectivity index (χ4n) is 2.31. The molecule has 3 nitrogen and oxygen atoms in total. The summed E-state index contributed by atoms with van der Waals surface area (Å²) in [7, 11) is 0. The molecule has 0 aromatic heterocycles. The number of ether oxygens (including phenoxy) is 1. The van der Waals surface area contributed by atoms with Gasteiger partial charge in [0, 0.05) is 6.42 Å². The summed E-state index contributed by atoms with van der Waals surface area (Å²) >= 11 is 0. The second-order valence-electron chi connectivity index (χ2n) is 8.24. The number of hydrogen-bond donors (Lipinski definition) is 2. The van der Waals surface area contributed by atoms with E-state index in [0.717, 1.165) is 6.42 Å². The lowest BCUT2D eigenvalue weighted by atomic mass is 9.82. The van der Waals surface area contributed by atoms with Gasteiger partial charge in [0.15, 0.2) is 0 Å². The van der Waals surface area contributed by atoms with Gasteiger partial charge in [0.2, 0.25) is 0 Å². The summed E-state index contributed by atoms with van der Waals surface area (Å²) in [5, 5.41) is 12.1. The van der Waals surface area contributed by atoms with E-state index < -0.39 is 6.10 Å². The van der Waals surface area contributed by atoms with Crippen molar-refractivity contribution in [3.63, 3.8) is 0 Å². The molecule has 18 heavy (non-hydrogen) atoms. The molecule has 3 heteroatoms. The fourth-order valence-corrected chi connectivity index (χ4v) is 2.31. The number of nitrogens with two attached hydrogens (primary N) is 1. The molecule has 0 aliphatic heterocycles. The van der Waals surface area contributed by atoms with Gasteiger partial charge in [-0.25, -0.2) is 0 Å². The van der Waals surface area contributed by atoms with Crippen LogP contribution in [0.5, 0.6) is 0 Å². The summed E-state index contributed by atoms with van der Waals surface area (Å²) in [6.45, 7) is 18.3. The number of aliphatic hydroxyl groups excluding tert-OH is 1. The third-order valence-electron chi connectivity index (χ3n) is 2.64. The van der Waals surface area contributed by atoms with Gasteiger partial charge in [0.05, 0.1) is 17.7 Å². The summed E-state index contributed by atoms with van der Waals surface area (Å²) in [6.07, 6.45) is 0.718. The summed E-state index contributed by atoms with van der Waals surface area (Å²) in [5.41, 5.74) is 0.287.